The quantitative estimate of drug-likeness (QED) is 0.937. The van der Waals surface area contributed by atoms with Crippen molar-refractivity contribution in [3.8, 4) is 0 Å². The monoisotopic (exact) mass is 279 g/mol. The summed E-state index contributed by atoms with van der Waals surface area (Å²) in [7, 11) is 2.00. The lowest BCUT2D eigenvalue weighted by atomic mass is 10.1. The molecule has 1 aromatic heterocycles. The van der Waals surface area contributed by atoms with Crippen molar-refractivity contribution < 1.29 is 0 Å². The Hall–Kier alpha value is -1.13. The molecular weight excluding hydrogens is 266 g/mol. The molecule has 0 saturated carbocycles. The SMILES string of the molecule is Cn1c(CN)cnc1Cc1cccc(Br)c1. The van der Waals surface area contributed by atoms with Crippen molar-refractivity contribution >= 4 is 15.9 Å². The molecule has 0 aliphatic rings. The third kappa shape index (κ3) is 2.33. The Morgan fingerprint density at radius 3 is 2.88 bits per heavy atom. The van der Waals surface area contributed by atoms with Crippen molar-refractivity contribution in [2.24, 2.45) is 12.8 Å². The Morgan fingerprint density at radius 1 is 1.44 bits per heavy atom. The van der Waals surface area contributed by atoms with Crippen LogP contribution < -0.4 is 5.73 Å². The lowest BCUT2D eigenvalue weighted by Crippen LogP contribution is -2.06. The molecule has 0 atom stereocenters. The summed E-state index contributed by atoms with van der Waals surface area (Å²) in [4.78, 5) is 4.38. The van der Waals surface area contributed by atoms with Crippen LogP contribution in [0, 0.1) is 0 Å². The third-order valence-corrected chi connectivity index (χ3v) is 3.13. The van der Waals surface area contributed by atoms with Gasteiger partial charge in [-0.1, -0.05) is 28.1 Å². The molecule has 4 heteroatoms. The van der Waals surface area contributed by atoms with Crippen LogP contribution in [-0.4, -0.2) is 9.55 Å². The Kier molecular flexibility index (Phi) is 3.41. The molecule has 0 aliphatic heterocycles. The van der Waals surface area contributed by atoms with Crippen molar-refractivity contribution in [2.45, 2.75) is 13.0 Å². The van der Waals surface area contributed by atoms with Crippen LogP contribution >= 0.6 is 15.9 Å². The average molecular weight is 280 g/mol. The molecule has 0 fully saturated rings. The molecule has 0 aliphatic carbocycles. The van der Waals surface area contributed by atoms with Gasteiger partial charge in [0.2, 0.25) is 0 Å². The fourth-order valence-corrected chi connectivity index (χ4v) is 2.12. The Bertz CT molecular complexity index is 491. The second kappa shape index (κ2) is 4.80. The van der Waals surface area contributed by atoms with Gasteiger partial charge in [-0.15, -0.1) is 0 Å². The van der Waals surface area contributed by atoms with E-state index in [2.05, 4.69) is 37.6 Å². The maximum Gasteiger partial charge on any atom is 0.113 e. The maximum absolute atomic E-state index is 5.61. The number of imidazole rings is 1. The van der Waals surface area contributed by atoms with Gasteiger partial charge >= 0.3 is 0 Å². The van der Waals surface area contributed by atoms with E-state index >= 15 is 0 Å². The van der Waals surface area contributed by atoms with Gasteiger partial charge in [-0.25, -0.2) is 4.98 Å². The van der Waals surface area contributed by atoms with Gasteiger partial charge in [0.25, 0.3) is 0 Å². The van der Waals surface area contributed by atoms with Gasteiger partial charge < -0.3 is 10.3 Å². The van der Waals surface area contributed by atoms with E-state index in [1.807, 2.05) is 25.4 Å². The standard InChI is InChI=1S/C12H14BrN3/c1-16-11(7-14)8-15-12(16)6-9-3-2-4-10(13)5-9/h2-5,8H,6-7,14H2,1H3. The number of hydrogen-bond acceptors (Lipinski definition) is 2. The van der Waals surface area contributed by atoms with Crippen molar-refractivity contribution in [1.82, 2.24) is 9.55 Å². The molecule has 2 aromatic rings. The summed E-state index contributed by atoms with van der Waals surface area (Å²) in [6, 6.07) is 8.26. The van der Waals surface area contributed by atoms with Gasteiger partial charge in [-0.2, -0.15) is 0 Å². The number of rotatable bonds is 3. The molecule has 0 radical (unpaired) electrons. The molecule has 84 valence electrons. The molecule has 0 spiro atoms. The minimum atomic E-state index is 0.530. The highest BCUT2D eigenvalue weighted by Crippen LogP contribution is 2.15. The summed E-state index contributed by atoms with van der Waals surface area (Å²) in [5.41, 5.74) is 7.92. The zero-order valence-electron chi connectivity index (χ0n) is 9.15. The highest BCUT2D eigenvalue weighted by Gasteiger charge is 2.05. The minimum absolute atomic E-state index is 0.530. The molecule has 0 bridgehead atoms. The number of aromatic nitrogens is 2. The Balaban J connectivity index is 2.24. The first kappa shape index (κ1) is 11.4. The van der Waals surface area contributed by atoms with Gasteiger partial charge in [0.1, 0.15) is 5.82 Å². The molecule has 1 aromatic carbocycles. The zero-order valence-corrected chi connectivity index (χ0v) is 10.7. The highest BCUT2D eigenvalue weighted by molar-refractivity contribution is 9.10. The van der Waals surface area contributed by atoms with E-state index in [0.717, 1.165) is 22.4 Å². The number of benzene rings is 1. The maximum atomic E-state index is 5.61. The minimum Gasteiger partial charge on any atom is -0.334 e. The first-order chi connectivity index (χ1) is 7.70. The summed E-state index contributed by atoms with van der Waals surface area (Å²) in [5, 5.41) is 0. The smallest absolute Gasteiger partial charge is 0.113 e. The van der Waals surface area contributed by atoms with Gasteiger partial charge in [0.15, 0.2) is 0 Å². The Labute approximate surface area is 103 Å². The van der Waals surface area contributed by atoms with Gasteiger partial charge in [-0.05, 0) is 17.7 Å². The van der Waals surface area contributed by atoms with Crippen molar-refractivity contribution in [2.75, 3.05) is 0 Å². The molecule has 16 heavy (non-hydrogen) atoms. The summed E-state index contributed by atoms with van der Waals surface area (Å²) < 4.78 is 3.15. The summed E-state index contributed by atoms with van der Waals surface area (Å²) in [6.45, 7) is 0.530. The average Bonchev–Trinajstić information content (AvgIpc) is 2.60. The van der Waals surface area contributed by atoms with Crippen LogP contribution in [0.4, 0.5) is 0 Å². The lowest BCUT2D eigenvalue weighted by molar-refractivity contribution is 0.767. The van der Waals surface area contributed by atoms with Crippen LogP contribution in [0.15, 0.2) is 34.9 Å². The van der Waals surface area contributed by atoms with Crippen molar-refractivity contribution in [3.63, 3.8) is 0 Å². The molecule has 3 nitrogen and oxygen atoms in total. The van der Waals surface area contributed by atoms with E-state index in [-0.39, 0.29) is 0 Å². The van der Waals surface area contributed by atoms with Crippen LogP contribution in [0.3, 0.4) is 0 Å². The second-order valence-electron chi connectivity index (χ2n) is 3.74. The second-order valence-corrected chi connectivity index (χ2v) is 4.65. The van der Waals surface area contributed by atoms with Crippen molar-refractivity contribution in [1.29, 1.82) is 0 Å². The summed E-state index contributed by atoms with van der Waals surface area (Å²) >= 11 is 3.47. The number of hydrogen-bond donors (Lipinski definition) is 1. The topological polar surface area (TPSA) is 43.8 Å². The number of nitrogens with zero attached hydrogens (tertiary/aromatic N) is 2. The third-order valence-electron chi connectivity index (χ3n) is 2.64. The van der Waals surface area contributed by atoms with Crippen molar-refractivity contribution in [3.05, 3.63) is 52.0 Å². The zero-order chi connectivity index (χ0) is 11.5. The van der Waals surface area contributed by atoms with Crippen LogP contribution in [-0.2, 0) is 20.0 Å². The summed E-state index contributed by atoms with van der Waals surface area (Å²) in [5.74, 6) is 1.04. The van der Waals surface area contributed by atoms with Crippen LogP contribution in [0.1, 0.15) is 17.1 Å². The van der Waals surface area contributed by atoms with Crippen LogP contribution in [0.5, 0.6) is 0 Å². The van der Waals surface area contributed by atoms with E-state index in [4.69, 9.17) is 5.73 Å². The largest absolute Gasteiger partial charge is 0.334 e. The van der Waals surface area contributed by atoms with E-state index in [1.54, 1.807) is 0 Å². The van der Waals surface area contributed by atoms with E-state index < -0.39 is 0 Å². The normalized spacial score (nSPS) is 10.7. The molecule has 0 unspecified atom stereocenters. The van der Waals surface area contributed by atoms with Gasteiger partial charge in [-0.3, -0.25) is 0 Å². The lowest BCUT2D eigenvalue weighted by Gasteiger charge is -2.05. The van der Waals surface area contributed by atoms with Crippen LogP contribution in [0.2, 0.25) is 0 Å². The molecule has 0 saturated heterocycles. The predicted molar refractivity (Wildman–Crippen MR) is 68.0 cm³/mol. The molecular formula is C12H14BrN3. The molecule has 1 heterocycles. The fraction of sp³-hybridized carbons (Fsp3) is 0.250. The number of nitrogens with two attached hydrogens (primary N) is 1. The van der Waals surface area contributed by atoms with E-state index in [0.29, 0.717) is 6.54 Å². The summed E-state index contributed by atoms with van der Waals surface area (Å²) in [6.07, 6.45) is 2.67. The van der Waals surface area contributed by atoms with E-state index in [9.17, 15) is 0 Å². The first-order valence-corrected chi connectivity index (χ1v) is 5.94. The van der Waals surface area contributed by atoms with Gasteiger partial charge in [0.05, 0.1) is 5.69 Å². The fourth-order valence-electron chi connectivity index (χ4n) is 1.67. The van der Waals surface area contributed by atoms with E-state index in [1.165, 1.54) is 5.56 Å². The molecule has 2 rings (SSSR count). The van der Waals surface area contributed by atoms with Crippen LogP contribution in [0.25, 0.3) is 0 Å². The number of halogens is 1. The molecule has 2 N–H and O–H groups in total. The predicted octanol–water partition coefficient (Wildman–Crippen LogP) is 2.23. The molecule has 0 amide bonds. The Morgan fingerprint density at radius 2 is 2.25 bits per heavy atom. The first-order valence-electron chi connectivity index (χ1n) is 5.14. The van der Waals surface area contributed by atoms with Gasteiger partial charge in [0, 0.05) is 30.7 Å². The highest BCUT2D eigenvalue weighted by atomic mass is 79.9.